The fourth-order valence-corrected chi connectivity index (χ4v) is 2.07. The van der Waals surface area contributed by atoms with Crippen molar-refractivity contribution in [2.24, 2.45) is 0 Å². The van der Waals surface area contributed by atoms with Crippen molar-refractivity contribution in [2.75, 3.05) is 0 Å². The van der Waals surface area contributed by atoms with Gasteiger partial charge in [0.05, 0.1) is 0 Å². The summed E-state index contributed by atoms with van der Waals surface area (Å²) >= 11 is 3.49. The molecule has 2 heteroatoms. The second kappa shape index (κ2) is 4.18. The third-order valence-electron chi connectivity index (χ3n) is 2.49. The Kier molecular flexibility index (Phi) is 2.92. The fourth-order valence-electron chi connectivity index (χ4n) is 1.69. The molecule has 0 saturated heterocycles. The quantitative estimate of drug-likeness (QED) is 0.771. The van der Waals surface area contributed by atoms with E-state index < -0.39 is 0 Å². The van der Waals surface area contributed by atoms with Crippen molar-refractivity contribution in [3.05, 3.63) is 34.9 Å². The normalized spacial score (nSPS) is 11.0. The highest BCUT2D eigenvalue weighted by Gasteiger charge is 2.00. The average molecular weight is 252 g/mol. The van der Waals surface area contributed by atoms with Crippen molar-refractivity contribution < 1.29 is 0 Å². The molecule has 1 aromatic heterocycles. The molecule has 0 aliphatic heterocycles. The first-order chi connectivity index (χ1) is 6.81. The minimum Gasteiger partial charge on any atom is -0.347 e. The van der Waals surface area contributed by atoms with Gasteiger partial charge in [0.1, 0.15) is 0 Å². The van der Waals surface area contributed by atoms with E-state index in [0.717, 1.165) is 11.0 Å². The monoisotopic (exact) mass is 251 g/mol. The van der Waals surface area contributed by atoms with Crippen LogP contribution in [-0.2, 0) is 6.54 Å². The van der Waals surface area contributed by atoms with Crippen molar-refractivity contribution in [1.29, 1.82) is 0 Å². The largest absolute Gasteiger partial charge is 0.347 e. The number of benzene rings is 1. The predicted molar refractivity (Wildman–Crippen MR) is 64.5 cm³/mol. The van der Waals surface area contributed by atoms with Crippen LogP contribution >= 0.6 is 15.9 Å². The summed E-state index contributed by atoms with van der Waals surface area (Å²) in [6, 6.07) is 8.62. The number of unbranched alkanes of at least 4 members (excludes halogenated alkanes) is 1. The van der Waals surface area contributed by atoms with E-state index in [-0.39, 0.29) is 0 Å². The Morgan fingerprint density at radius 2 is 2.14 bits per heavy atom. The zero-order valence-electron chi connectivity index (χ0n) is 8.33. The second-order valence-corrected chi connectivity index (χ2v) is 4.48. The first kappa shape index (κ1) is 9.78. The highest BCUT2D eigenvalue weighted by atomic mass is 79.9. The molecule has 0 spiro atoms. The average Bonchev–Trinajstić information content (AvgIpc) is 2.57. The van der Waals surface area contributed by atoms with Gasteiger partial charge in [-0.05, 0) is 30.7 Å². The number of nitrogens with zero attached hydrogens (tertiary/aromatic N) is 1. The summed E-state index contributed by atoms with van der Waals surface area (Å²) < 4.78 is 3.48. The second-order valence-electron chi connectivity index (χ2n) is 3.57. The van der Waals surface area contributed by atoms with Crippen LogP contribution in [0.5, 0.6) is 0 Å². The molecule has 1 nitrogen and oxygen atoms in total. The Balaban J connectivity index is 2.37. The summed E-state index contributed by atoms with van der Waals surface area (Å²) in [6.45, 7) is 3.35. The lowest BCUT2D eigenvalue weighted by Gasteiger charge is -2.03. The van der Waals surface area contributed by atoms with Crippen molar-refractivity contribution in [2.45, 2.75) is 26.3 Å². The van der Waals surface area contributed by atoms with E-state index in [2.05, 4.69) is 57.9 Å². The van der Waals surface area contributed by atoms with E-state index in [1.807, 2.05) is 0 Å². The van der Waals surface area contributed by atoms with Crippen LogP contribution in [0.15, 0.2) is 34.9 Å². The van der Waals surface area contributed by atoms with Crippen LogP contribution in [0.25, 0.3) is 10.9 Å². The summed E-state index contributed by atoms with van der Waals surface area (Å²) in [7, 11) is 0. The minimum absolute atomic E-state index is 1.13. The number of halogens is 1. The first-order valence-electron chi connectivity index (χ1n) is 5.05. The van der Waals surface area contributed by atoms with Crippen LogP contribution in [0.3, 0.4) is 0 Å². The Hall–Kier alpha value is -0.760. The molecule has 1 heterocycles. The Labute approximate surface area is 92.9 Å². The van der Waals surface area contributed by atoms with E-state index in [0.29, 0.717) is 0 Å². The highest BCUT2D eigenvalue weighted by molar-refractivity contribution is 9.10. The lowest BCUT2D eigenvalue weighted by atomic mass is 10.2. The Morgan fingerprint density at radius 1 is 1.29 bits per heavy atom. The summed E-state index contributed by atoms with van der Waals surface area (Å²) in [4.78, 5) is 0. The van der Waals surface area contributed by atoms with Gasteiger partial charge in [-0.1, -0.05) is 29.3 Å². The number of hydrogen-bond donors (Lipinski definition) is 0. The molecule has 0 bridgehead atoms. The number of aryl methyl sites for hydroxylation is 1. The molecule has 2 rings (SSSR count). The summed E-state index contributed by atoms with van der Waals surface area (Å²) in [6.07, 6.45) is 4.67. The van der Waals surface area contributed by atoms with Gasteiger partial charge in [-0.25, -0.2) is 0 Å². The van der Waals surface area contributed by atoms with Crippen LogP contribution in [-0.4, -0.2) is 4.57 Å². The summed E-state index contributed by atoms with van der Waals surface area (Å²) in [5.41, 5.74) is 1.33. The van der Waals surface area contributed by atoms with Crippen LogP contribution in [0.2, 0.25) is 0 Å². The van der Waals surface area contributed by atoms with Gasteiger partial charge < -0.3 is 4.57 Å². The molecule has 1 aromatic carbocycles. The van der Waals surface area contributed by atoms with Gasteiger partial charge in [0.15, 0.2) is 0 Å². The van der Waals surface area contributed by atoms with Crippen molar-refractivity contribution >= 4 is 26.8 Å². The van der Waals surface area contributed by atoms with Crippen molar-refractivity contribution in [1.82, 2.24) is 4.57 Å². The number of hydrogen-bond acceptors (Lipinski definition) is 0. The van der Waals surface area contributed by atoms with Gasteiger partial charge in [0, 0.05) is 28.1 Å². The highest BCUT2D eigenvalue weighted by Crippen LogP contribution is 2.21. The number of fused-ring (bicyclic) bond motifs is 1. The molecule has 0 radical (unpaired) electrons. The maximum Gasteiger partial charge on any atom is 0.0481 e. The van der Waals surface area contributed by atoms with Crippen LogP contribution in [0.1, 0.15) is 19.8 Å². The molecular formula is C12H14BrN. The third kappa shape index (κ3) is 1.85. The molecule has 0 amide bonds. The lowest BCUT2D eigenvalue weighted by Crippen LogP contribution is -1.94. The van der Waals surface area contributed by atoms with E-state index in [4.69, 9.17) is 0 Å². The van der Waals surface area contributed by atoms with Gasteiger partial charge in [-0.3, -0.25) is 0 Å². The van der Waals surface area contributed by atoms with Crippen LogP contribution < -0.4 is 0 Å². The molecule has 0 unspecified atom stereocenters. The molecular weight excluding hydrogens is 238 g/mol. The summed E-state index contributed by atoms with van der Waals surface area (Å²) in [5, 5.41) is 1.32. The molecule has 0 N–H and O–H groups in total. The topological polar surface area (TPSA) is 4.93 Å². The third-order valence-corrected chi connectivity index (χ3v) is 2.98. The molecule has 0 aliphatic carbocycles. The molecule has 74 valence electrons. The van der Waals surface area contributed by atoms with Crippen LogP contribution in [0, 0.1) is 0 Å². The molecule has 2 aromatic rings. The zero-order chi connectivity index (χ0) is 9.97. The molecule has 0 fully saturated rings. The van der Waals surface area contributed by atoms with Gasteiger partial charge in [-0.15, -0.1) is 0 Å². The van der Waals surface area contributed by atoms with Gasteiger partial charge >= 0.3 is 0 Å². The number of rotatable bonds is 3. The maximum absolute atomic E-state index is 3.49. The van der Waals surface area contributed by atoms with Crippen molar-refractivity contribution in [3.63, 3.8) is 0 Å². The van der Waals surface area contributed by atoms with E-state index >= 15 is 0 Å². The smallest absolute Gasteiger partial charge is 0.0481 e. The van der Waals surface area contributed by atoms with Gasteiger partial charge in [0.2, 0.25) is 0 Å². The fraction of sp³-hybridized carbons (Fsp3) is 0.333. The van der Waals surface area contributed by atoms with Gasteiger partial charge in [0.25, 0.3) is 0 Å². The minimum atomic E-state index is 1.13. The zero-order valence-corrected chi connectivity index (χ0v) is 9.92. The maximum atomic E-state index is 3.49. The van der Waals surface area contributed by atoms with E-state index in [9.17, 15) is 0 Å². The standard InChI is InChI=1S/C12H14BrN/c1-2-3-7-14-8-6-10-9-11(13)4-5-12(10)14/h4-6,8-9H,2-3,7H2,1H3. The van der Waals surface area contributed by atoms with E-state index in [1.165, 1.54) is 23.7 Å². The molecule has 0 aliphatic rings. The SMILES string of the molecule is CCCCn1ccc2cc(Br)ccc21. The van der Waals surface area contributed by atoms with Crippen molar-refractivity contribution in [3.8, 4) is 0 Å². The molecule has 0 saturated carbocycles. The Morgan fingerprint density at radius 3 is 2.93 bits per heavy atom. The van der Waals surface area contributed by atoms with Gasteiger partial charge in [-0.2, -0.15) is 0 Å². The molecule has 14 heavy (non-hydrogen) atoms. The van der Waals surface area contributed by atoms with Crippen LogP contribution in [0.4, 0.5) is 0 Å². The lowest BCUT2D eigenvalue weighted by molar-refractivity contribution is 0.650. The first-order valence-corrected chi connectivity index (χ1v) is 5.85. The summed E-state index contributed by atoms with van der Waals surface area (Å²) in [5.74, 6) is 0. The number of aromatic nitrogens is 1. The van der Waals surface area contributed by atoms with E-state index in [1.54, 1.807) is 0 Å². The predicted octanol–water partition coefficient (Wildman–Crippen LogP) is 4.20. The Bertz CT molecular complexity index is 431. The molecule has 0 atom stereocenters.